The van der Waals surface area contributed by atoms with Crippen LogP contribution in [0.2, 0.25) is 5.02 Å². The smallest absolute Gasteiger partial charge is 0.191 e. The fourth-order valence-corrected chi connectivity index (χ4v) is 3.81. The number of nitrogens with zero attached hydrogens (tertiary/aromatic N) is 3. The van der Waals surface area contributed by atoms with Gasteiger partial charge in [0.25, 0.3) is 0 Å². The highest BCUT2D eigenvalue weighted by atomic mass is 35.5. The van der Waals surface area contributed by atoms with Crippen LogP contribution in [0.1, 0.15) is 19.4 Å². The predicted molar refractivity (Wildman–Crippen MR) is 103 cm³/mol. The van der Waals surface area contributed by atoms with Gasteiger partial charge in [-0.2, -0.15) is 0 Å². The fraction of sp³-hybridized carbons (Fsp3) is 0.263. The predicted octanol–water partition coefficient (Wildman–Crippen LogP) is 5.31. The molecule has 25 heavy (non-hydrogen) atoms. The minimum atomic E-state index is 0.660. The van der Waals surface area contributed by atoms with Crippen LogP contribution in [0.3, 0.4) is 0 Å². The van der Waals surface area contributed by atoms with E-state index in [0.717, 1.165) is 45.2 Å². The largest absolute Gasteiger partial charge is 0.494 e. The summed E-state index contributed by atoms with van der Waals surface area (Å²) in [5.74, 6) is 2.50. The molecule has 1 heterocycles. The van der Waals surface area contributed by atoms with E-state index in [-0.39, 0.29) is 0 Å². The van der Waals surface area contributed by atoms with Gasteiger partial charge in [-0.1, -0.05) is 41.6 Å². The van der Waals surface area contributed by atoms with Crippen LogP contribution in [0.5, 0.6) is 5.75 Å². The molecule has 0 aliphatic carbocycles. The average molecular weight is 374 g/mol. The van der Waals surface area contributed by atoms with Crippen molar-refractivity contribution in [2.45, 2.75) is 31.3 Å². The summed E-state index contributed by atoms with van der Waals surface area (Å²) >= 11 is 7.88. The van der Waals surface area contributed by atoms with E-state index in [2.05, 4.69) is 21.7 Å². The van der Waals surface area contributed by atoms with Crippen LogP contribution in [0.4, 0.5) is 0 Å². The normalized spacial score (nSPS) is 10.8. The molecule has 0 N–H and O–H groups in total. The van der Waals surface area contributed by atoms with Gasteiger partial charge in [0.15, 0.2) is 11.0 Å². The average Bonchev–Trinajstić information content (AvgIpc) is 3.05. The summed E-state index contributed by atoms with van der Waals surface area (Å²) in [4.78, 5) is 0. The second kappa shape index (κ2) is 8.41. The van der Waals surface area contributed by atoms with Gasteiger partial charge in [0, 0.05) is 22.9 Å². The van der Waals surface area contributed by atoms with Crippen molar-refractivity contribution in [3.63, 3.8) is 0 Å². The summed E-state index contributed by atoms with van der Waals surface area (Å²) in [6.07, 6.45) is 0. The van der Waals surface area contributed by atoms with Crippen LogP contribution in [0.25, 0.3) is 11.4 Å². The standard InChI is InChI=1S/C19H20ClN3OS/c1-3-23-18(14-9-11-16(12-10-14)24-4-2)21-22-19(23)25-13-15-7-5-6-8-17(15)20/h5-12H,3-4,13H2,1-2H3. The summed E-state index contributed by atoms with van der Waals surface area (Å²) in [6.45, 7) is 5.54. The lowest BCUT2D eigenvalue weighted by atomic mass is 10.2. The first kappa shape index (κ1) is 17.8. The summed E-state index contributed by atoms with van der Waals surface area (Å²) in [5, 5.41) is 10.4. The second-order valence-electron chi connectivity index (χ2n) is 5.39. The molecule has 0 aliphatic rings. The lowest BCUT2D eigenvalue weighted by molar-refractivity contribution is 0.340. The van der Waals surface area contributed by atoms with Gasteiger partial charge in [-0.25, -0.2) is 0 Å². The quantitative estimate of drug-likeness (QED) is 0.526. The Hall–Kier alpha value is -1.98. The molecule has 0 fully saturated rings. The number of ether oxygens (including phenoxy) is 1. The first-order chi connectivity index (χ1) is 12.2. The van der Waals surface area contributed by atoms with Gasteiger partial charge in [0.2, 0.25) is 0 Å². The van der Waals surface area contributed by atoms with Gasteiger partial charge < -0.3 is 9.30 Å². The molecule has 2 aromatic carbocycles. The van der Waals surface area contributed by atoms with E-state index in [4.69, 9.17) is 16.3 Å². The third-order valence-electron chi connectivity index (χ3n) is 3.77. The van der Waals surface area contributed by atoms with Crippen molar-refractivity contribution in [2.75, 3.05) is 6.61 Å². The van der Waals surface area contributed by atoms with Crippen LogP contribution >= 0.6 is 23.4 Å². The Morgan fingerprint density at radius 2 is 1.80 bits per heavy atom. The summed E-state index contributed by atoms with van der Waals surface area (Å²) in [5.41, 5.74) is 2.13. The number of benzene rings is 2. The van der Waals surface area contributed by atoms with Crippen molar-refractivity contribution in [2.24, 2.45) is 0 Å². The maximum atomic E-state index is 6.24. The van der Waals surface area contributed by atoms with E-state index in [9.17, 15) is 0 Å². The summed E-state index contributed by atoms with van der Waals surface area (Å²) < 4.78 is 7.62. The molecule has 0 atom stereocenters. The SMILES string of the molecule is CCOc1ccc(-c2nnc(SCc3ccccc3Cl)n2CC)cc1. The van der Waals surface area contributed by atoms with Crippen molar-refractivity contribution >= 4 is 23.4 Å². The number of rotatable bonds is 7. The molecule has 1 aromatic heterocycles. The highest BCUT2D eigenvalue weighted by Crippen LogP contribution is 2.29. The van der Waals surface area contributed by atoms with Crippen molar-refractivity contribution in [3.05, 3.63) is 59.1 Å². The zero-order chi connectivity index (χ0) is 17.6. The molecule has 6 heteroatoms. The minimum Gasteiger partial charge on any atom is -0.494 e. The Morgan fingerprint density at radius 1 is 1.04 bits per heavy atom. The third kappa shape index (κ3) is 4.17. The molecular formula is C19H20ClN3OS. The zero-order valence-corrected chi connectivity index (χ0v) is 15.8. The minimum absolute atomic E-state index is 0.660. The first-order valence-corrected chi connectivity index (χ1v) is 9.62. The monoisotopic (exact) mass is 373 g/mol. The van der Waals surface area contributed by atoms with Gasteiger partial charge in [0.05, 0.1) is 6.61 Å². The van der Waals surface area contributed by atoms with Gasteiger partial charge in [-0.05, 0) is 49.7 Å². The van der Waals surface area contributed by atoms with Crippen LogP contribution in [0.15, 0.2) is 53.7 Å². The fourth-order valence-electron chi connectivity index (χ4n) is 2.52. The summed E-state index contributed by atoms with van der Waals surface area (Å²) in [7, 11) is 0. The zero-order valence-electron chi connectivity index (χ0n) is 14.3. The number of halogens is 1. The van der Waals surface area contributed by atoms with Crippen LogP contribution in [-0.4, -0.2) is 21.4 Å². The maximum absolute atomic E-state index is 6.24. The van der Waals surface area contributed by atoms with Crippen LogP contribution < -0.4 is 4.74 Å². The molecule has 3 aromatic rings. The van der Waals surface area contributed by atoms with Gasteiger partial charge in [0.1, 0.15) is 5.75 Å². The van der Waals surface area contributed by atoms with Crippen molar-refractivity contribution in [1.82, 2.24) is 14.8 Å². The molecule has 0 saturated heterocycles. The van der Waals surface area contributed by atoms with E-state index < -0.39 is 0 Å². The van der Waals surface area contributed by atoms with E-state index in [0.29, 0.717) is 6.61 Å². The molecule has 130 valence electrons. The Kier molecular flexibility index (Phi) is 6.00. The molecule has 3 rings (SSSR count). The molecule has 0 amide bonds. The van der Waals surface area contributed by atoms with E-state index >= 15 is 0 Å². The Morgan fingerprint density at radius 3 is 2.48 bits per heavy atom. The number of thioether (sulfide) groups is 1. The highest BCUT2D eigenvalue weighted by Gasteiger charge is 2.14. The van der Waals surface area contributed by atoms with Gasteiger partial charge >= 0.3 is 0 Å². The Labute approximate surface area is 157 Å². The molecule has 0 radical (unpaired) electrons. The molecule has 0 spiro atoms. The first-order valence-electron chi connectivity index (χ1n) is 8.25. The van der Waals surface area contributed by atoms with E-state index in [1.807, 2.05) is 55.5 Å². The molecule has 4 nitrogen and oxygen atoms in total. The topological polar surface area (TPSA) is 39.9 Å². The maximum Gasteiger partial charge on any atom is 0.191 e. The second-order valence-corrected chi connectivity index (χ2v) is 6.74. The van der Waals surface area contributed by atoms with Crippen molar-refractivity contribution in [3.8, 4) is 17.1 Å². The molecule has 0 bridgehead atoms. The van der Waals surface area contributed by atoms with Gasteiger partial charge in [-0.15, -0.1) is 10.2 Å². The molecule has 0 aliphatic heterocycles. The number of aromatic nitrogens is 3. The lowest BCUT2D eigenvalue weighted by Gasteiger charge is -2.09. The highest BCUT2D eigenvalue weighted by molar-refractivity contribution is 7.98. The van der Waals surface area contributed by atoms with E-state index in [1.165, 1.54) is 0 Å². The Bertz CT molecular complexity index is 833. The molecular weight excluding hydrogens is 354 g/mol. The molecule has 0 unspecified atom stereocenters. The number of hydrogen-bond donors (Lipinski definition) is 0. The number of hydrogen-bond acceptors (Lipinski definition) is 4. The van der Waals surface area contributed by atoms with Crippen LogP contribution in [-0.2, 0) is 12.3 Å². The van der Waals surface area contributed by atoms with Crippen molar-refractivity contribution in [1.29, 1.82) is 0 Å². The van der Waals surface area contributed by atoms with Crippen LogP contribution in [0, 0.1) is 0 Å². The third-order valence-corrected chi connectivity index (χ3v) is 5.16. The molecule has 0 saturated carbocycles. The van der Waals surface area contributed by atoms with Crippen molar-refractivity contribution < 1.29 is 4.74 Å². The lowest BCUT2D eigenvalue weighted by Crippen LogP contribution is -2.00. The Balaban J connectivity index is 1.80. The summed E-state index contributed by atoms with van der Waals surface area (Å²) in [6, 6.07) is 15.8. The van der Waals surface area contributed by atoms with Gasteiger partial charge in [-0.3, -0.25) is 0 Å². The van der Waals surface area contributed by atoms with E-state index in [1.54, 1.807) is 11.8 Å².